The molecule has 19 heavy (non-hydrogen) atoms. The van der Waals surface area contributed by atoms with Gasteiger partial charge in [-0.2, -0.15) is 5.10 Å². The number of hydrogen-bond acceptors (Lipinski definition) is 4. The first-order valence-electron chi connectivity index (χ1n) is 6.08. The number of rotatable bonds is 3. The zero-order valence-electron chi connectivity index (χ0n) is 11.3. The highest BCUT2D eigenvalue weighted by molar-refractivity contribution is 5.99. The van der Waals surface area contributed by atoms with Crippen LogP contribution in [0.5, 0.6) is 0 Å². The molecule has 2 rings (SSSR count). The summed E-state index contributed by atoms with van der Waals surface area (Å²) in [5.74, 6) is 0.590. The zero-order valence-corrected chi connectivity index (χ0v) is 11.3. The van der Waals surface area contributed by atoms with Crippen molar-refractivity contribution in [3.05, 3.63) is 40.8 Å². The molecule has 2 aromatic heterocycles. The third-order valence-corrected chi connectivity index (χ3v) is 3.17. The number of aryl methyl sites for hydroxylation is 1. The summed E-state index contributed by atoms with van der Waals surface area (Å²) in [6, 6.07) is 3.49. The van der Waals surface area contributed by atoms with Gasteiger partial charge in [-0.05, 0) is 38.0 Å². The van der Waals surface area contributed by atoms with Gasteiger partial charge in [0.05, 0.1) is 11.3 Å². The van der Waals surface area contributed by atoms with E-state index < -0.39 is 0 Å². The smallest absolute Gasteiger partial charge is 0.173 e. The standard InChI is InChI=1S/C13H17N5O/c1-4-10-8(2)16-18(9(10)3)13-11(12(14)17-19)6-5-7-15-13/h5-7,19H,4H2,1-3H3,(H2,14,17). The van der Waals surface area contributed by atoms with Crippen LogP contribution in [0.25, 0.3) is 5.82 Å². The molecular formula is C13H17N5O. The quantitative estimate of drug-likeness (QED) is 0.379. The summed E-state index contributed by atoms with van der Waals surface area (Å²) in [5.41, 5.74) is 9.41. The highest BCUT2D eigenvalue weighted by Gasteiger charge is 2.16. The Balaban J connectivity index is 2.66. The summed E-state index contributed by atoms with van der Waals surface area (Å²) in [5, 5.41) is 16.4. The van der Waals surface area contributed by atoms with E-state index in [1.807, 2.05) is 13.8 Å². The number of pyridine rings is 1. The summed E-state index contributed by atoms with van der Waals surface area (Å²) in [7, 11) is 0. The van der Waals surface area contributed by atoms with Gasteiger partial charge in [-0.1, -0.05) is 12.1 Å². The Labute approximate surface area is 111 Å². The zero-order chi connectivity index (χ0) is 14.0. The van der Waals surface area contributed by atoms with Crippen molar-refractivity contribution in [2.45, 2.75) is 27.2 Å². The molecule has 0 aliphatic rings. The minimum atomic E-state index is 0.0219. The van der Waals surface area contributed by atoms with E-state index >= 15 is 0 Å². The Morgan fingerprint density at radius 1 is 1.47 bits per heavy atom. The highest BCUT2D eigenvalue weighted by atomic mass is 16.4. The first-order chi connectivity index (χ1) is 9.10. The molecule has 6 nitrogen and oxygen atoms in total. The van der Waals surface area contributed by atoms with Crippen molar-refractivity contribution in [3.63, 3.8) is 0 Å². The normalized spacial score (nSPS) is 11.8. The fraction of sp³-hybridized carbons (Fsp3) is 0.308. The maximum atomic E-state index is 8.84. The maximum Gasteiger partial charge on any atom is 0.173 e. The SMILES string of the molecule is CCc1c(C)nn(-c2ncccc2/C(N)=N/O)c1C. The molecule has 0 amide bonds. The van der Waals surface area contributed by atoms with Crippen molar-refractivity contribution < 1.29 is 5.21 Å². The van der Waals surface area contributed by atoms with Gasteiger partial charge in [0, 0.05) is 11.9 Å². The summed E-state index contributed by atoms with van der Waals surface area (Å²) in [4.78, 5) is 4.30. The molecule has 0 aromatic carbocycles. The van der Waals surface area contributed by atoms with Crippen LogP contribution in [0.3, 0.4) is 0 Å². The summed E-state index contributed by atoms with van der Waals surface area (Å²) in [6.07, 6.45) is 2.56. The van der Waals surface area contributed by atoms with Gasteiger partial charge in [0.1, 0.15) is 0 Å². The largest absolute Gasteiger partial charge is 0.409 e. The monoisotopic (exact) mass is 259 g/mol. The van der Waals surface area contributed by atoms with Crippen LogP contribution in [0.15, 0.2) is 23.5 Å². The van der Waals surface area contributed by atoms with E-state index in [1.165, 1.54) is 5.56 Å². The molecule has 6 heteroatoms. The second-order valence-corrected chi connectivity index (χ2v) is 4.27. The predicted octanol–water partition coefficient (Wildman–Crippen LogP) is 1.54. The number of aromatic nitrogens is 3. The molecule has 0 atom stereocenters. The molecule has 0 spiro atoms. The molecule has 2 aromatic rings. The minimum absolute atomic E-state index is 0.0219. The van der Waals surface area contributed by atoms with Crippen LogP contribution in [-0.2, 0) is 6.42 Å². The predicted molar refractivity (Wildman–Crippen MR) is 72.7 cm³/mol. The van der Waals surface area contributed by atoms with Crippen LogP contribution < -0.4 is 5.73 Å². The fourth-order valence-electron chi connectivity index (χ4n) is 2.21. The summed E-state index contributed by atoms with van der Waals surface area (Å²) >= 11 is 0. The molecule has 0 unspecified atom stereocenters. The minimum Gasteiger partial charge on any atom is -0.409 e. The van der Waals surface area contributed by atoms with E-state index in [4.69, 9.17) is 10.9 Å². The Hall–Kier alpha value is -2.37. The van der Waals surface area contributed by atoms with E-state index in [1.54, 1.807) is 23.0 Å². The second kappa shape index (κ2) is 5.09. The average Bonchev–Trinajstić information content (AvgIpc) is 2.72. The number of nitrogens with zero attached hydrogens (tertiary/aromatic N) is 4. The Morgan fingerprint density at radius 3 is 2.79 bits per heavy atom. The maximum absolute atomic E-state index is 8.84. The van der Waals surface area contributed by atoms with Crippen molar-refractivity contribution in [3.8, 4) is 5.82 Å². The first-order valence-corrected chi connectivity index (χ1v) is 6.08. The van der Waals surface area contributed by atoms with E-state index in [-0.39, 0.29) is 5.84 Å². The highest BCUT2D eigenvalue weighted by Crippen LogP contribution is 2.19. The van der Waals surface area contributed by atoms with Crippen molar-refractivity contribution in [1.29, 1.82) is 0 Å². The van der Waals surface area contributed by atoms with Crippen LogP contribution in [0.4, 0.5) is 0 Å². The average molecular weight is 259 g/mol. The molecular weight excluding hydrogens is 242 g/mol. The van der Waals surface area contributed by atoms with Crippen molar-refractivity contribution in [2.24, 2.45) is 10.9 Å². The van der Waals surface area contributed by atoms with Crippen LogP contribution >= 0.6 is 0 Å². The van der Waals surface area contributed by atoms with Crippen LogP contribution in [0, 0.1) is 13.8 Å². The molecule has 0 radical (unpaired) electrons. The third-order valence-electron chi connectivity index (χ3n) is 3.17. The topological polar surface area (TPSA) is 89.3 Å². The number of amidine groups is 1. The Morgan fingerprint density at radius 2 is 2.21 bits per heavy atom. The molecule has 0 saturated carbocycles. The lowest BCUT2D eigenvalue weighted by atomic mass is 10.1. The fourth-order valence-corrected chi connectivity index (χ4v) is 2.21. The molecule has 0 fully saturated rings. The summed E-state index contributed by atoms with van der Waals surface area (Å²) in [6.45, 7) is 6.04. The van der Waals surface area contributed by atoms with Crippen molar-refractivity contribution in [2.75, 3.05) is 0 Å². The van der Waals surface area contributed by atoms with Gasteiger partial charge in [-0.15, -0.1) is 0 Å². The van der Waals surface area contributed by atoms with E-state index in [2.05, 4.69) is 22.2 Å². The lowest BCUT2D eigenvalue weighted by Crippen LogP contribution is -2.18. The number of nitrogens with two attached hydrogens (primary N) is 1. The lowest BCUT2D eigenvalue weighted by Gasteiger charge is -2.08. The van der Waals surface area contributed by atoms with Crippen LogP contribution in [0.2, 0.25) is 0 Å². The van der Waals surface area contributed by atoms with Gasteiger partial charge in [-0.3, -0.25) is 0 Å². The molecule has 2 heterocycles. The van der Waals surface area contributed by atoms with Gasteiger partial charge in [0.2, 0.25) is 0 Å². The van der Waals surface area contributed by atoms with Gasteiger partial charge in [0.15, 0.2) is 11.7 Å². The van der Waals surface area contributed by atoms with E-state index in [0.29, 0.717) is 11.4 Å². The lowest BCUT2D eigenvalue weighted by molar-refractivity contribution is 0.318. The summed E-state index contributed by atoms with van der Waals surface area (Å²) < 4.78 is 1.74. The first kappa shape index (κ1) is 13.1. The Bertz CT molecular complexity index is 630. The molecule has 0 saturated heterocycles. The van der Waals surface area contributed by atoms with E-state index in [0.717, 1.165) is 17.8 Å². The van der Waals surface area contributed by atoms with Crippen LogP contribution in [-0.4, -0.2) is 25.8 Å². The van der Waals surface area contributed by atoms with Crippen molar-refractivity contribution in [1.82, 2.24) is 14.8 Å². The van der Waals surface area contributed by atoms with Gasteiger partial charge >= 0.3 is 0 Å². The third kappa shape index (κ3) is 2.16. The molecule has 100 valence electrons. The molecule has 0 aliphatic carbocycles. The molecule has 3 N–H and O–H groups in total. The van der Waals surface area contributed by atoms with Gasteiger partial charge in [-0.25, -0.2) is 9.67 Å². The van der Waals surface area contributed by atoms with Crippen molar-refractivity contribution >= 4 is 5.84 Å². The van der Waals surface area contributed by atoms with Gasteiger partial charge < -0.3 is 10.9 Å². The van der Waals surface area contributed by atoms with Crippen LogP contribution in [0.1, 0.15) is 29.4 Å². The number of hydrogen-bond donors (Lipinski definition) is 2. The second-order valence-electron chi connectivity index (χ2n) is 4.27. The molecule has 0 bridgehead atoms. The molecule has 0 aliphatic heterocycles. The number of oxime groups is 1. The Kier molecular flexibility index (Phi) is 3.50. The van der Waals surface area contributed by atoms with Gasteiger partial charge in [0.25, 0.3) is 0 Å². The van der Waals surface area contributed by atoms with E-state index in [9.17, 15) is 0 Å².